The van der Waals surface area contributed by atoms with E-state index >= 15 is 8.78 Å². The maximum absolute atomic E-state index is 16.0. The molecular weight excluding hydrogens is 837 g/mol. The number of carbonyl (C=O) groups is 5. The number of ether oxygens (including phenoxy) is 7. The SMILES string of the molecule is COc1cc2c(c(F)c1OCCCOc1c(OC)cc3sc(C(=O)C[C@H](C(=O)ONC(=O)CCOCCOCCN)C(C)C)cc3c1F)CN(C(=O)CCC(=O)OC(C)(C)C)C2. The molecule has 0 bridgehead atoms. The van der Waals surface area contributed by atoms with Crippen molar-refractivity contribution in [2.75, 3.05) is 60.4 Å². The molecule has 0 fully saturated rings. The highest BCUT2D eigenvalue weighted by Crippen LogP contribution is 2.41. The monoisotopic (exact) mass is 893 g/mol. The van der Waals surface area contributed by atoms with Crippen molar-refractivity contribution < 1.29 is 70.7 Å². The van der Waals surface area contributed by atoms with Gasteiger partial charge in [-0.25, -0.2) is 13.6 Å². The van der Waals surface area contributed by atoms with Crippen LogP contribution in [0.3, 0.4) is 0 Å². The third kappa shape index (κ3) is 14.0. The number of methoxy groups -OCH3 is 2. The minimum Gasteiger partial charge on any atom is -0.493 e. The summed E-state index contributed by atoms with van der Waals surface area (Å²) in [7, 11) is 2.71. The van der Waals surface area contributed by atoms with Crippen molar-refractivity contribution in [1.29, 1.82) is 0 Å². The fourth-order valence-electron chi connectivity index (χ4n) is 6.31. The molecule has 62 heavy (non-hydrogen) atoms. The van der Waals surface area contributed by atoms with Crippen molar-refractivity contribution in [2.24, 2.45) is 17.6 Å². The van der Waals surface area contributed by atoms with Crippen LogP contribution in [-0.2, 0) is 51.3 Å². The molecular formula is C43H57F2N3O13S. The summed E-state index contributed by atoms with van der Waals surface area (Å²) in [5.74, 6) is -5.43. The molecule has 3 aromatic rings. The number of carbonyl (C=O) groups excluding carboxylic acids is 5. The first-order valence-electron chi connectivity index (χ1n) is 20.3. The number of halogens is 2. The van der Waals surface area contributed by atoms with Gasteiger partial charge in [-0.1, -0.05) is 13.8 Å². The molecule has 3 N–H and O–H groups in total. The van der Waals surface area contributed by atoms with E-state index in [2.05, 4.69) is 5.48 Å². The molecule has 0 aliphatic carbocycles. The number of hydrogen-bond acceptors (Lipinski definition) is 15. The lowest BCUT2D eigenvalue weighted by molar-refractivity contribution is -0.164. The van der Waals surface area contributed by atoms with Crippen LogP contribution in [-0.4, -0.2) is 100 Å². The first-order chi connectivity index (χ1) is 29.5. The van der Waals surface area contributed by atoms with Gasteiger partial charge >= 0.3 is 11.9 Å². The Morgan fingerprint density at radius 2 is 1.48 bits per heavy atom. The summed E-state index contributed by atoms with van der Waals surface area (Å²) in [6.45, 7) is 10.2. The lowest BCUT2D eigenvalue weighted by atomic mass is 9.90. The largest absolute Gasteiger partial charge is 0.493 e. The molecule has 2 amide bonds. The Kier molecular flexibility index (Phi) is 18.7. The molecule has 1 aromatic heterocycles. The third-order valence-electron chi connectivity index (χ3n) is 9.47. The van der Waals surface area contributed by atoms with Gasteiger partial charge in [0, 0.05) is 60.6 Å². The van der Waals surface area contributed by atoms with Crippen molar-refractivity contribution >= 4 is 51.0 Å². The number of amides is 2. The second-order valence-corrected chi connectivity index (χ2v) is 16.8. The molecule has 2 aromatic carbocycles. The van der Waals surface area contributed by atoms with Crippen LogP contribution >= 0.6 is 11.3 Å². The van der Waals surface area contributed by atoms with Crippen LogP contribution in [0.2, 0.25) is 0 Å². The Hall–Kier alpha value is -5.11. The van der Waals surface area contributed by atoms with E-state index in [1.54, 1.807) is 46.8 Å². The van der Waals surface area contributed by atoms with Crippen LogP contribution in [0.1, 0.15) is 87.5 Å². The highest BCUT2D eigenvalue weighted by molar-refractivity contribution is 7.20. The quantitative estimate of drug-likeness (QED) is 0.0472. The molecule has 2 heterocycles. The van der Waals surface area contributed by atoms with Crippen molar-refractivity contribution in [3.05, 3.63) is 45.8 Å². The van der Waals surface area contributed by atoms with Gasteiger partial charge in [-0.15, -0.1) is 11.3 Å². The number of benzene rings is 2. The van der Waals surface area contributed by atoms with Crippen LogP contribution in [0.15, 0.2) is 18.2 Å². The second kappa shape index (κ2) is 23.4. The highest BCUT2D eigenvalue weighted by Gasteiger charge is 2.32. The van der Waals surface area contributed by atoms with E-state index in [-0.39, 0.29) is 122 Å². The standard InChI is InChI=1S/C43H57F2N3O13S/c1-25(2)27(42(53)61-47-35(50)11-15-56-17-18-57-16-12-46)20-30(49)34-21-28-33(62-34)22-32(55-7)41(38(28)44)59-14-8-13-58-40-31(54-6)19-26-23-48(24-29(26)39(40)45)36(51)9-10-37(52)60-43(3,4)5/h19,21-22,25,27H,8-18,20,23-24,46H2,1-7H3,(H,47,50)/t27-/m0/s1. The van der Waals surface area contributed by atoms with Crippen molar-refractivity contribution in [3.63, 3.8) is 0 Å². The Balaban J connectivity index is 1.31. The van der Waals surface area contributed by atoms with Crippen LogP contribution in [0.5, 0.6) is 23.0 Å². The van der Waals surface area contributed by atoms with E-state index in [0.717, 1.165) is 11.3 Å². The number of Topliss-reactive ketones (excluding diaryl/α,β-unsaturated/α-hetero) is 1. The Morgan fingerprint density at radius 3 is 2.11 bits per heavy atom. The molecule has 1 aliphatic rings. The lowest BCUT2D eigenvalue weighted by Crippen LogP contribution is -2.33. The number of nitrogens with zero attached hydrogens (tertiary/aromatic N) is 1. The summed E-state index contributed by atoms with van der Waals surface area (Å²) >= 11 is 1.02. The maximum Gasteiger partial charge on any atom is 0.335 e. The molecule has 342 valence electrons. The van der Waals surface area contributed by atoms with Crippen molar-refractivity contribution in [2.45, 2.75) is 85.4 Å². The van der Waals surface area contributed by atoms with Crippen LogP contribution in [0.25, 0.3) is 10.1 Å². The summed E-state index contributed by atoms with van der Waals surface area (Å²) in [6.07, 6.45) is -0.314. The number of ketones is 1. The van der Waals surface area contributed by atoms with E-state index < -0.39 is 46.8 Å². The summed E-state index contributed by atoms with van der Waals surface area (Å²) in [4.78, 5) is 70.1. The predicted octanol–water partition coefficient (Wildman–Crippen LogP) is 5.81. The minimum absolute atomic E-state index is 0.00927. The third-order valence-corrected chi connectivity index (χ3v) is 10.6. The van der Waals surface area contributed by atoms with Crippen molar-refractivity contribution in [1.82, 2.24) is 10.4 Å². The van der Waals surface area contributed by atoms with Gasteiger partial charge in [-0.3, -0.25) is 19.2 Å². The molecule has 0 radical (unpaired) electrons. The van der Waals surface area contributed by atoms with E-state index in [1.807, 2.05) is 0 Å². The van der Waals surface area contributed by atoms with Crippen LogP contribution < -0.4 is 30.2 Å². The van der Waals surface area contributed by atoms with Crippen LogP contribution in [0.4, 0.5) is 8.78 Å². The molecule has 0 saturated carbocycles. The van der Waals surface area contributed by atoms with Gasteiger partial charge in [-0.05, 0) is 44.4 Å². The lowest BCUT2D eigenvalue weighted by Gasteiger charge is -2.20. The Morgan fingerprint density at radius 1 is 0.839 bits per heavy atom. The molecule has 0 spiro atoms. The van der Waals surface area contributed by atoms with Crippen LogP contribution in [0, 0.1) is 23.5 Å². The van der Waals surface area contributed by atoms with Gasteiger partial charge in [0.05, 0.1) is 77.5 Å². The number of hydrogen-bond donors (Lipinski definition) is 2. The molecule has 19 heteroatoms. The predicted molar refractivity (Wildman–Crippen MR) is 223 cm³/mol. The zero-order chi connectivity index (χ0) is 45.6. The summed E-state index contributed by atoms with van der Waals surface area (Å²) < 4.78 is 70.3. The summed E-state index contributed by atoms with van der Waals surface area (Å²) in [5, 5.41) is 0.108. The normalized spacial score (nSPS) is 12.9. The molecule has 0 unspecified atom stereocenters. The zero-order valence-electron chi connectivity index (χ0n) is 36.3. The fraction of sp³-hybridized carbons (Fsp3) is 0.558. The van der Waals surface area contributed by atoms with Gasteiger partial charge in [0.2, 0.25) is 5.91 Å². The van der Waals surface area contributed by atoms with Gasteiger partial charge in [0.15, 0.2) is 40.4 Å². The zero-order valence-corrected chi connectivity index (χ0v) is 37.1. The molecule has 16 nitrogen and oxygen atoms in total. The number of thiophene rings is 1. The topological polar surface area (TPSA) is 200 Å². The summed E-state index contributed by atoms with van der Waals surface area (Å²) in [5.41, 5.74) is 7.60. The minimum atomic E-state index is -0.907. The van der Waals surface area contributed by atoms with E-state index in [0.29, 0.717) is 30.0 Å². The molecule has 0 saturated heterocycles. The average Bonchev–Trinajstić information content (AvgIpc) is 3.86. The molecule has 4 rings (SSSR count). The second-order valence-electron chi connectivity index (χ2n) is 15.7. The number of nitrogens with one attached hydrogen (secondary N) is 1. The summed E-state index contributed by atoms with van der Waals surface area (Å²) in [6, 6.07) is 4.54. The molecule has 1 aliphatic heterocycles. The highest BCUT2D eigenvalue weighted by atomic mass is 32.1. The average molecular weight is 894 g/mol. The van der Waals surface area contributed by atoms with E-state index in [1.165, 1.54) is 25.2 Å². The molecule has 1 atom stereocenters. The van der Waals surface area contributed by atoms with Gasteiger partial charge < -0.3 is 48.6 Å². The first-order valence-corrected chi connectivity index (χ1v) is 21.1. The first kappa shape index (κ1) is 49.5. The van der Waals surface area contributed by atoms with Gasteiger partial charge in [0.1, 0.15) is 5.60 Å². The number of fused-ring (bicyclic) bond motifs is 2. The number of nitrogens with two attached hydrogens (primary N) is 1. The fourth-order valence-corrected chi connectivity index (χ4v) is 7.34. The smallest absolute Gasteiger partial charge is 0.335 e. The van der Waals surface area contributed by atoms with E-state index in [9.17, 15) is 24.0 Å². The van der Waals surface area contributed by atoms with Crippen molar-refractivity contribution in [3.8, 4) is 23.0 Å². The van der Waals surface area contributed by atoms with Gasteiger partial charge in [-0.2, -0.15) is 5.48 Å². The van der Waals surface area contributed by atoms with E-state index in [4.69, 9.17) is 43.7 Å². The maximum atomic E-state index is 16.0. The number of rotatable bonds is 24. The number of hydroxylamine groups is 1. The van der Waals surface area contributed by atoms with Gasteiger partial charge in [0.25, 0.3) is 5.91 Å². The Bertz CT molecular complexity index is 2050. The number of esters is 1. The Labute approximate surface area is 363 Å².